The maximum absolute atomic E-state index is 12.3. The second-order valence-corrected chi connectivity index (χ2v) is 8.23. The Bertz CT molecular complexity index is 669. The van der Waals surface area contributed by atoms with Crippen molar-refractivity contribution < 1.29 is 9.00 Å². The van der Waals surface area contributed by atoms with E-state index >= 15 is 0 Å². The lowest BCUT2D eigenvalue weighted by atomic mass is 10.2. The van der Waals surface area contributed by atoms with Crippen molar-refractivity contribution in [2.24, 2.45) is 0 Å². The van der Waals surface area contributed by atoms with Crippen LogP contribution in [0.25, 0.3) is 0 Å². The number of carbonyl (C=O) groups excluding carboxylic acids is 1. The van der Waals surface area contributed by atoms with E-state index in [2.05, 4.69) is 5.32 Å². The molecule has 3 nitrogen and oxygen atoms in total. The van der Waals surface area contributed by atoms with Gasteiger partial charge in [0.1, 0.15) is 5.25 Å². The first kappa shape index (κ1) is 16.2. The van der Waals surface area contributed by atoms with Crippen LogP contribution in [0.3, 0.4) is 0 Å². The third-order valence-corrected chi connectivity index (χ3v) is 6.09. The van der Waals surface area contributed by atoms with Gasteiger partial charge in [-0.1, -0.05) is 29.8 Å². The molecule has 1 heterocycles. The Balaban J connectivity index is 1.98. The molecule has 0 bridgehead atoms. The van der Waals surface area contributed by atoms with Crippen LogP contribution < -0.4 is 5.32 Å². The summed E-state index contributed by atoms with van der Waals surface area (Å²) in [6.45, 7) is 3.60. The molecule has 1 amide bonds. The van der Waals surface area contributed by atoms with Crippen LogP contribution in [-0.4, -0.2) is 15.4 Å². The monoisotopic (exact) mass is 341 g/mol. The van der Waals surface area contributed by atoms with Crippen LogP contribution in [0.4, 0.5) is 5.69 Å². The van der Waals surface area contributed by atoms with Gasteiger partial charge < -0.3 is 5.32 Å². The number of hydrogen-bond acceptors (Lipinski definition) is 3. The lowest BCUT2D eigenvalue weighted by molar-refractivity contribution is -0.115. The fourth-order valence-electron chi connectivity index (χ4n) is 1.76. The number of hydrogen-bond donors (Lipinski definition) is 1. The zero-order valence-corrected chi connectivity index (χ0v) is 14.1. The molecule has 0 saturated heterocycles. The SMILES string of the molecule is Cc1ccccc1NC(=O)[C@@H](C)[S@@](=O)Cc1ccc(Cl)s1. The Kier molecular flexibility index (Phi) is 5.56. The molecule has 0 saturated carbocycles. The van der Waals surface area contributed by atoms with E-state index < -0.39 is 16.0 Å². The Morgan fingerprint density at radius 3 is 2.67 bits per heavy atom. The largest absolute Gasteiger partial charge is 0.325 e. The number of nitrogens with one attached hydrogen (secondary N) is 1. The molecular formula is C15H16ClNO2S2. The van der Waals surface area contributed by atoms with Gasteiger partial charge in [-0.05, 0) is 37.6 Å². The van der Waals surface area contributed by atoms with E-state index in [4.69, 9.17) is 11.6 Å². The van der Waals surface area contributed by atoms with E-state index in [1.807, 2.05) is 37.3 Å². The van der Waals surface area contributed by atoms with E-state index in [9.17, 15) is 9.00 Å². The minimum absolute atomic E-state index is 0.231. The first-order chi connectivity index (χ1) is 9.97. The molecular weight excluding hydrogens is 326 g/mol. The molecule has 0 aliphatic rings. The van der Waals surface area contributed by atoms with E-state index in [-0.39, 0.29) is 5.91 Å². The first-order valence-electron chi connectivity index (χ1n) is 6.45. The smallest absolute Gasteiger partial charge is 0.239 e. The van der Waals surface area contributed by atoms with Crippen molar-refractivity contribution in [3.63, 3.8) is 0 Å². The number of amides is 1. The molecule has 1 aromatic heterocycles. The predicted molar refractivity (Wildman–Crippen MR) is 90.4 cm³/mol. The molecule has 2 aromatic rings. The minimum Gasteiger partial charge on any atom is -0.325 e. The zero-order chi connectivity index (χ0) is 15.4. The number of halogens is 1. The van der Waals surface area contributed by atoms with Crippen molar-refractivity contribution >= 4 is 45.3 Å². The first-order valence-corrected chi connectivity index (χ1v) is 9.03. The van der Waals surface area contributed by atoms with Crippen molar-refractivity contribution in [3.05, 3.63) is 51.2 Å². The summed E-state index contributed by atoms with van der Waals surface area (Å²) in [4.78, 5) is 13.1. The maximum atomic E-state index is 12.3. The van der Waals surface area contributed by atoms with E-state index in [0.29, 0.717) is 10.1 Å². The van der Waals surface area contributed by atoms with Crippen molar-refractivity contribution in [1.29, 1.82) is 0 Å². The topological polar surface area (TPSA) is 46.2 Å². The van der Waals surface area contributed by atoms with Crippen molar-refractivity contribution in [2.75, 3.05) is 5.32 Å². The highest BCUT2D eigenvalue weighted by Crippen LogP contribution is 2.23. The zero-order valence-electron chi connectivity index (χ0n) is 11.8. The molecule has 0 radical (unpaired) electrons. The number of rotatable bonds is 5. The van der Waals surface area contributed by atoms with Gasteiger partial charge in [0.05, 0.1) is 10.1 Å². The molecule has 21 heavy (non-hydrogen) atoms. The van der Waals surface area contributed by atoms with Gasteiger partial charge in [-0.15, -0.1) is 11.3 Å². The van der Waals surface area contributed by atoms with Crippen LogP contribution in [0, 0.1) is 6.92 Å². The van der Waals surface area contributed by atoms with Gasteiger partial charge in [0.25, 0.3) is 0 Å². The molecule has 0 aliphatic heterocycles. The molecule has 6 heteroatoms. The number of anilines is 1. The average Bonchev–Trinajstić information content (AvgIpc) is 2.85. The van der Waals surface area contributed by atoms with Crippen LogP contribution in [0.5, 0.6) is 0 Å². The van der Waals surface area contributed by atoms with Crippen LogP contribution in [-0.2, 0) is 21.3 Å². The highest BCUT2D eigenvalue weighted by molar-refractivity contribution is 7.85. The molecule has 0 unspecified atom stereocenters. The van der Waals surface area contributed by atoms with Crippen LogP contribution in [0.2, 0.25) is 4.34 Å². The molecule has 1 aromatic carbocycles. The van der Waals surface area contributed by atoms with Gasteiger partial charge in [0.15, 0.2) is 0 Å². The maximum Gasteiger partial charge on any atom is 0.239 e. The summed E-state index contributed by atoms with van der Waals surface area (Å²) in [6.07, 6.45) is 0. The van der Waals surface area contributed by atoms with Gasteiger partial charge >= 0.3 is 0 Å². The fourth-order valence-corrected chi connectivity index (χ4v) is 4.15. The van der Waals surface area contributed by atoms with Crippen LogP contribution in [0.1, 0.15) is 17.4 Å². The summed E-state index contributed by atoms with van der Waals surface area (Å²) >= 11 is 7.24. The van der Waals surface area contributed by atoms with Gasteiger partial charge in [-0.2, -0.15) is 0 Å². The summed E-state index contributed by atoms with van der Waals surface area (Å²) < 4.78 is 12.9. The summed E-state index contributed by atoms with van der Waals surface area (Å²) in [5.41, 5.74) is 1.74. The number of benzene rings is 1. The molecule has 2 rings (SSSR count). The highest BCUT2D eigenvalue weighted by Gasteiger charge is 2.21. The van der Waals surface area contributed by atoms with Gasteiger partial charge in [-0.3, -0.25) is 9.00 Å². The molecule has 2 atom stereocenters. The summed E-state index contributed by atoms with van der Waals surface area (Å²) in [5, 5.41) is 2.25. The van der Waals surface area contributed by atoms with Crippen molar-refractivity contribution in [2.45, 2.75) is 24.9 Å². The van der Waals surface area contributed by atoms with Crippen molar-refractivity contribution in [3.8, 4) is 0 Å². The van der Waals surface area contributed by atoms with Crippen molar-refractivity contribution in [1.82, 2.24) is 0 Å². The Morgan fingerprint density at radius 2 is 2.05 bits per heavy atom. The Hall–Kier alpha value is -1.17. The number of thiophene rings is 1. The summed E-state index contributed by atoms with van der Waals surface area (Å²) in [6, 6.07) is 11.1. The van der Waals surface area contributed by atoms with Gasteiger partial charge in [0.2, 0.25) is 5.91 Å². The molecule has 0 spiro atoms. The highest BCUT2D eigenvalue weighted by atomic mass is 35.5. The molecule has 112 valence electrons. The minimum atomic E-state index is -1.27. The fraction of sp³-hybridized carbons (Fsp3) is 0.267. The number of para-hydroxylation sites is 1. The quantitative estimate of drug-likeness (QED) is 0.893. The second kappa shape index (κ2) is 7.20. The van der Waals surface area contributed by atoms with Gasteiger partial charge in [0, 0.05) is 21.4 Å². The summed E-state index contributed by atoms with van der Waals surface area (Å²) in [7, 11) is -1.27. The van der Waals surface area contributed by atoms with Gasteiger partial charge in [-0.25, -0.2) is 0 Å². The Morgan fingerprint density at radius 1 is 1.33 bits per heavy atom. The normalized spacial score (nSPS) is 13.7. The molecule has 0 aliphatic carbocycles. The molecule has 1 N–H and O–H groups in total. The standard InChI is InChI=1S/C15H16ClNO2S2/c1-10-5-3-4-6-13(10)17-15(18)11(2)21(19)9-12-7-8-14(16)20-12/h3-8,11H,9H2,1-2H3,(H,17,18)/t11-,21+/m1/s1. The van der Waals surface area contributed by atoms with Crippen LogP contribution >= 0.6 is 22.9 Å². The summed E-state index contributed by atoms with van der Waals surface area (Å²) in [5.74, 6) is 0.116. The lowest BCUT2D eigenvalue weighted by Gasteiger charge is -2.13. The van der Waals surface area contributed by atoms with E-state index in [1.54, 1.807) is 13.0 Å². The second-order valence-electron chi connectivity index (χ2n) is 4.68. The number of aryl methyl sites for hydroxylation is 1. The third-order valence-electron chi connectivity index (χ3n) is 3.08. The van der Waals surface area contributed by atoms with E-state index in [1.165, 1.54) is 11.3 Å². The van der Waals surface area contributed by atoms with Crippen LogP contribution in [0.15, 0.2) is 36.4 Å². The molecule has 0 fully saturated rings. The predicted octanol–water partition coefficient (Wildman–Crippen LogP) is 3.99. The van der Waals surface area contributed by atoms with E-state index in [0.717, 1.165) is 16.1 Å². The average molecular weight is 342 g/mol. The lowest BCUT2D eigenvalue weighted by Crippen LogP contribution is -2.29. The number of carbonyl (C=O) groups is 1. The Labute approximate surface area is 135 Å². The third kappa shape index (κ3) is 4.40.